The molecule has 0 aliphatic carbocycles. The molecule has 1 aliphatic rings. The molecule has 4 rings (SSSR count). The molecule has 2 heterocycles. The molecular weight excluding hydrogens is 440 g/mol. The SMILES string of the molecule is Cc1cc2oc(C(=O)NC[C@@H](c3ccc(C(C)C)cc3)N3CCOCC3)cc(=O)c2cc1Cl. The minimum absolute atomic E-state index is 0.00714. The van der Waals surface area contributed by atoms with E-state index in [2.05, 4.69) is 48.3 Å². The lowest BCUT2D eigenvalue weighted by molar-refractivity contribution is 0.0161. The summed E-state index contributed by atoms with van der Waals surface area (Å²) in [6, 6.07) is 13.0. The minimum atomic E-state index is -0.418. The van der Waals surface area contributed by atoms with Gasteiger partial charge in [0.15, 0.2) is 11.2 Å². The maximum Gasteiger partial charge on any atom is 0.287 e. The summed E-state index contributed by atoms with van der Waals surface area (Å²) in [5, 5.41) is 3.82. The summed E-state index contributed by atoms with van der Waals surface area (Å²) in [4.78, 5) is 27.8. The van der Waals surface area contributed by atoms with Gasteiger partial charge in [0.05, 0.1) is 24.6 Å². The van der Waals surface area contributed by atoms with Gasteiger partial charge in [-0.3, -0.25) is 14.5 Å². The van der Waals surface area contributed by atoms with Gasteiger partial charge in [0.2, 0.25) is 0 Å². The normalized spacial score (nSPS) is 15.7. The van der Waals surface area contributed by atoms with E-state index in [1.54, 1.807) is 12.1 Å². The molecule has 1 aromatic heterocycles. The summed E-state index contributed by atoms with van der Waals surface area (Å²) < 4.78 is 11.3. The number of nitrogens with zero attached hydrogens (tertiary/aromatic N) is 1. The van der Waals surface area contributed by atoms with Crippen LogP contribution in [-0.4, -0.2) is 43.7 Å². The first kappa shape index (κ1) is 23.5. The standard InChI is InChI=1S/C26H29ClN2O4/c1-16(2)18-4-6-19(7-5-18)22(29-8-10-32-11-9-29)15-28-26(31)25-14-23(30)20-13-21(27)17(3)12-24(20)33-25/h4-7,12-14,16,22H,8-11,15H2,1-3H3,(H,28,31)/t22-/m0/s1. The van der Waals surface area contributed by atoms with Gasteiger partial charge >= 0.3 is 0 Å². The fourth-order valence-corrected chi connectivity index (χ4v) is 4.28. The van der Waals surface area contributed by atoms with E-state index in [-0.39, 0.29) is 17.2 Å². The molecule has 0 unspecified atom stereocenters. The van der Waals surface area contributed by atoms with Crippen LogP contribution >= 0.6 is 11.6 Å². The molecule has 1 amide bonds. The molecule has 0 bridgehead atoms. The molecule has 1 aliphatic heterocycles. The van der Waals surface area contributed by atoms with E-state index in [1.165, 1.54) is 11.6 Å². The summed E-state index contributed by atoms with van der Waals surface area (Å²) >= 11 is 6.13. The topological polar surface area (TPSA) is 71.8 Å². The number of hydrogen-bond acceptors (Lipinski definition) is 5. The predicted octanol–water partition coefficient (Wildman–Crippen LogP) is 4.68. The van der Waals surface area contributed by atoms with Gasteiger partial charge in [0.1, 0.15) is 5.58 Å². The van der Waals surface area contributed by atoms with Crippen LogP contribution in [0.2, 0.25) is 5.02 Å². The molecule has 1 saturated heterocycles. The number of aryl methyl sites for hydroxylation is 1. The predicted molar refractivity (Wildman–Crippen MR) is 130 cm³/mol. The largest absolute Gasteiger partial charge is 0.451 e. The van der Waals surface area contributed by atoms with Gasteiger partial charge in [0.25, 0.3) is 5.91 Å². The van der Waals surface area contributed by atoms with E-state index < -0.39 is 5.91 Å². The van der Waals surface area contributed by atoms with Crippen molar-refractivity contribution in [2.24, 2.45) is 0 Å². The van der Waals surface area contributed by atoms with Crippen molar-refractivity contribution in [1.82, 2.24) is 10.2 Å². The Balaban J connectivity index is 1.56. The number of nitrogens with one attached hydrogen (secondary N) is 1. The van der Waals surface area contributed by atoms with Crippen molar-refractivity contribution < 1.29 is 13.9 Å². The molecule has 1 fully saturated rings. The lowest BCUT2D eigenvalue weighted by atomic mass is 9.98. The zero-order chi connectivity index (χ0) is 23.5. The van der Waals surface area contributed by atoms with E-state index in [4.69, 9.17) is 20.8 Å². The van der Waals surface area contributed by atoms with Crippen molar-refractivity contribution >= 4 is 28.5 Å². The zero-order valence-corrected chi connectivity index (χ0v) is 19.9. The van der Waals surface area contributed by atoms with Crippen LogP contribution in [-0.2, 0) is 4.74 Å². The van der Waals surface area contributed by atoms with E-state index in [0.29, 0.717) is 41.7 Å². The van der Waals surface area contributed by atoms with Crippen molar-refractivity contribution in [3.05, 3.63) is 80.2 Å². The summed E-state index contributed by atoms with van der Waals surface area (Å²) in [6.45, 7) is 9.46. The fourth-order valence-electron chi connectivity index (χ4n) is 4.12. The number of fused-ring (bicyclic) bond motifs is 1. The zero-order valence-electron chi connectivity index (χ0n) is 19.2. The molecular formula is C26H29ClN2O4. The van der Waals surface area contributed by atoms with Gasteiger partial charge in [-0.2, -0.15) is 0 Å². The van der Waals surface area contributed by atoms with E-state index in [0.717, 1.165) is 24.2 Å². The van der Waals surface area contributed by atoms with Crippen molar-refractivity contribution in [3.63, 3.8) is 0 Å². The molecule has 174 valence electrons. The maximum absolute atomic E-state index is 12.9. The molecule has 1 atom stereocenters. The molecule has 7 heteroatoms. The van der Waals surface area contributed by atoms with Crippen LogP contribution in [0.1, 0.15) is 53.1 Å². The van der Waals surface area contributed by atoms with E-state index >= 15 is 0 Å². The van der Waals surface area contributed by atoms with Crippen LogP contribution in [0, 0.1) is 6.92 Å². The van der Waals surface area contributed by atoms with Gasteiger partial charge in [-0.25, -0.2) is 0 Å². The van der Waals surface area contributed by atoms with Gasteiger partial charge in [0, 0.05) is 30.7 Å². The van der Waals surface area contributed by atoms with Crippen LogP contribution in [0.5, 0.6) is 0 Å². The average Bonchev–Trinajstić information content (AvgIpc) is 2.81. The van der Waals surface area contributed by atoms with Crippen LogP contribution in [0.15, 0.2) is 51.7 Å². The Labute approximate surface area is 198 Å². The second-order valence-corrected chi connectivity index (χ2v) is 9.18. The highest BCUT2D eigenvalue weighted by Crippen LogP contribution is 2.25. The Hall–Kier alpha value is -2.67. The summed E-state index contributed by atoms with van der Waals surface area (Å²) in [5.41, 5.74) is 3.24. The van der Waals surface area contributed by atoms with Crippen LogP contribution in [0.3, 0.4) is 0 Å². The second kappa shape index (κ2) is 10.1. The fraction of sp³-hybridized carbons (Fsp3) is 0.385. The number of carbonyl (C=O) groups is 1. The Morgan fingerprint density at radius 3 is 2.42 bits per heavy atom. The van der Waals surface area contributed by atoms with Gasteiger partial charge in [-0.1, -0.05) is 49.7 Å². The first-order chi connectivity index (χ1) is 15.8. The molecule has 33 heavy (non-hydrogen) atoms. The smallest absolute Gasteiger partial charge is 0.287 e. The molecule has 1 N–H and O–H groups in total. The van der Waals surface area contributed by atoms with E-state index in [1.807, 2.05) is 6.92 Å². The van der Waals surface area contributed by atoms with Crippen molar-refractivity contribution in [3.8, 4) is 0 Å². The quantitative estimate of drug-likeness (QED) is 0.568. The van der Waals surface area contributed by atoms with Crippen LogP contribution < -0.4 is 10.7 Å². The summed E-state index contributed by atoms with van der Waals surface area (Å²) in [5.74, 6) is 0.0266. The minimum Gasteiger partial charge on any atom is -0.451 e. The van der Waals surface area contributed by atoms with Crippen LogP contribution in [0.4, 0.5) is 0 Å². The summed E-state index contributed by atoms with van der Waals surface area (Å²) in [7, 11) is 0. The van der Waals surface area contributed by atoms with Gasteiger partial charge in [-0.05, 0) is 41.7 Å². The first-order valence-corrected chi connectivity index (χ1v) is 11.6. The second-order valence-electron chi connectivity index (χ2n) is 8.77. The Bertz CT molecular complexity index is 1200. The van der Waals surface area contributed by atoms with Crippen molar-refractivity contribution in [2.45, 2.75) is 32.7 Å². The molecule has 3 aromatic rings. The molecule has 0 spiro atoms. The third-order valence-electron chi connectivity index (χ3n) is 6.16. The van der Waals surface area contributed by atoms with Crippen LogP contribution in [0.25, 0.3) is 11.0 Å². The highest BCUT2D eigenvalue weighted by atomic mass is 35.5. The number of hydrogen-bond donors (Lipinski definition) is 1. The maximum atomic E-state index is 12.9. The Morgan fingerprint density at radius 2 is 1.76 bits per heavy atom. The summed E-state index contributed by atoms with van der Waals surface area (Å²) in [6.07, 6.45) is 0. The Morgan fingerprint density at radius 1 is 1.09 bits per heavy atom. The number of ether oxygens (including phenoxy) is 1. The molecule has 0 saturated carbocycles. The third kappa shape index (κ3) is 5.29. The van der Waals surface area contributed by atoms with Gasteiger partial charge in [-0.15, -0.1) is 0 Å². The third-order valence-corrected chi connectivity index (χ3v) is 6.57. The van der Waals surface area contributed by atoms with Crippen molar-refractivity contribution in [1.29, 1.82) is 0 Å². The molecule has 6 nitrogen and oxygen atoms in total. The Kier molecular flexibility index (Phi) is 7.17. The van der Waals surface area contributed by atoms with Gasteiger partial charge < -0.3 is 14.5 Å². The lowest BCUT2D eigenvalue weighted by Crippen LogP contribution is -2.43. The molecule has 0 radical (unpaired) electrons. The number of morpholine rings is 1. The first-order valence-electron chi connectivity index (χ1n) is 11.3. The average molecular weight is 469 g/mol. The van der Waals surface area contributed by atoms with E-state index in [9.17, 15) is 9.59 Å². The highest BCUT2D eigenvalue weighted by Gasteiger charge is 2.24. The highest BCUT2D eigenvalue weighted by molar-refractivity contribution is 6.32. The number of benzene rings is 2. The number of rotatable bonds is 6. The van der Waals surface area contributed by atoms with Crippen molar-refractivity contribution in [2.75, 3.05) is 32.8 Å². The molecule has 2 aromatic carbocycles. The lowest BCUT2D eigenvalue weighted by Gasteiger charge is -2.35. The number of amides is 1. The number of carbonyl (C=O) groups excluding carboxylic acids is 1. The number of halogens is 1. The monoisotopic (exact) mass is 468 g/mol.